The number of nitrogens with two attached hydrogens (primary N) is 1. The first kappa shape index (κ1) is 22.4. The number of amides is 1. The van der Waals surface area contributed by atoms with Gasteiger partial charge in [-0.1, -0.05) is 17.5 Å². The van der Waals surface area contributed by atoms with Gasteiger partial charge in [-0.05, 0) is 43.0 Å². The number of hydrogen-bond acceptors (Lipinski definition) is 9. The Morgan fingerprint density at radius 1 is 1.26 bits per heavy atom. The van der Waals surface area contributed by atoms with Crippen molar-refractivity contribution in [1.82, 2.24) is 24.8 Å². The summed E-state index contributed by atoms with van der Waals surface area (Å²) in [7, 11) is 0. The van der Waals surface area contributed by atoms with E-state index in [0.29, 0.717) is 10.8 Å². The predicted molar refractivity (Wildman–Crippen MR) is 121 cm³/mol. The van der Waals surface area contributed by atoms with Gasteiger partial charge in [0.2, 0.25) is 5.82 Å². The molecule has 3 heterocycles. The number of carbonyl (C=O) groups is 1. The lowest BCUT2D eigenvalue weighted by molar-refractivity contribution is -0.137. The molecule has 0 radical (unpaired) electrons. The van der Waals surface area contributed by atoms with Gasteiger partial charge in [-0.2, -0.15) is 0 Å². The second-order valence-electron chi connectivity index (χ2n) is 8.01. The van der Waals surface area contributed by atoms with Gasteiger partial charge in [0, 0.05) is 11.1 Å². The maximum absolute atomic E-state index is 12.4. The van der Waals surface area contributed by atoms with Crippen LogP contribution in [-0.4, -0.2) is 66.6 Å². The molecular formula is C22H21ClN6O5. The second-order valence-corrected chi connectivity index (χ2v) is 8.45. The highest BCUT2D eigenvalue weighted by molar-refractivity contribution is 6.30. The SMILES string of the molecule is Nc1nc(C#CCOc2ccc(Cl)cc2)nc2c1ncn2[C@@H]1O[C@H](C(=O)NC2CC2)[C@@H](O)[C@H]1O. The average Bonchev–Trinajstić information content (AvgIpc) is 3.45. The van der Waals surface area contributed by atoms with Gasteiger partial charge in [0.25, 0.3) is 5.91 Å². The summed E-state index contributed by atoms with van der Waals surface area (Å²) in [6.45, 7) is 0.0800. The molecule has 1 aliphatic carbocycles. The van der Waals surface area contributed by atoms with E-state index < -0.39 is 30.4 Å². The largest absolute Gasteiger partial charge is 0.481 e. The highest BCUT2D eigenvalue weighted by atomic mass is 35.5. The molecule has 12 heteroatoms. The Morgan fingerprint density at radius 2 is 2.03 bits per heavy atom. The Labute approximate surface area is 198 Å². The third kappa shape index (κ3) is 4.49. The number of halogens is 1. The number of fused-ring (bicyclic) bond motifs is 1. The summed E-state index contributed by atoms with van der Waals surface area (Å²) in [6, 6.07) is 6.95. The molecule has 1 aliphatic heterocycles. The van der Waals surface area contributed by atoms with Crippen molar-refractivity contribution < 1.29 is 24.5 Å². The number of anilines is 1. The fraction of sp³-hybridized carbons (Fsp3) is 0.364. The third-order valence-corrected chi connectivity index (χ3v) is 5.72. The highest BCUT2D eigenvalue weighted by Gasteiger charge is 2.48. The standard InChI is InChI=1S/C22H21ClN6O5/c23-11-3-7-13(8-4-11)33-9-1-2-14-27-19(24)15-20(28-14)29(10-25-15)22-17(31)16(30)18(34-22)21(32)26-12-5-6-12/h3-4,7-8,10,12,16-18,22,30-31H,5-6,9H2,(H,26,32)(H2,24,27,28)/t16-,17+,18-,22+/m0/s1. The molecule has 11 nitrogen and oxygen atoms in total. The molecule has 5 rings (SSSR count). The zero-order chi connectivity index (χ0) is 23.8. The summed E-state index contributed by atoms with van der Waals surface area (Å²) >= 11 is 5.85. The van der Waals surface area contributed by atoms with Gasteiger partial charge in [0.1, 0.15) is 30.1 Å². The molecule has 4 atom stereocenters. The van der Waals surface area contributed by atoms with E-state index in [1.807, 2.05) is 0 Å². The lowest BCUT2D eigenvalue weighted by atomic mass is 10.1. The molecule has 2 fully saturated rings. The summed E-state index contributed by atoms with van der Waals surface area (Å²) < 4.78 is 12.6. The molecule has 1 saturated heterocycles. The number of ether oxygens (including phenoxy) is 2. The Hall–Kier alpha value is -3.43. The molecule has 0 spiro atoms. The van der Waals surface area contributed by atoms with Crippen molar-refractivity contribution in [2.24, 2.45) is 0 Å². The number of aliphatic hydroxyl groups is 2. The quantitative estimate of drug-likeness (QED) is 0.376. The monoisotopic (exact) mass is 484 g/mol. The molecule has 5 N–H and O–H groups in total. The molecule has 0 bridgehead atoms. The van der Waals surface area contributed by atoms with Gasteiger partial charge in [0.05, 0.1) is 6.33 Å². The Morgan fingerprint density at radius 3 is 2.76 bits per heavy atom. The lowest BCUT2D eigenvalue weighted by Gasteiger charge is -2.16. The number of nitrogens with zero attached hydrogens (tertiary/aromatic N) is 4. The number of nitrogens with one attached hydrogen (secondary N) is 1. The number of hydrogen-bond donors (Lipinski definition) is 4. The number of aromatic nitrogens is 4. The maximum atomic E-state index is 12.4. The first-order chi connectivity index (χ1) is 16.4. The zero-order valence-corrected chi connectivity index (χ0v) is 18.5. The zero-order valence-electron chi connectivity index (χ0n) is 17.8. The van der Waals surface area contributed by atoms with Crippen LogP contribution in [0.2, 0.25) is 5.02 Å². The highest BCUT2D eigenvalue weighted by Crippen LogP contribution is 2.33. The van der Waals surface area contributed by atoms with E-state index in [1.54, 1.807) is 24.3 Å². The lowest BCUT2D eigenvalue weighted by Crippen LogP contribution is -2.43. The summed E-state index contributed by atoms with van der Waals surface area (Å²) in [5.74, 6) is 5.93. The van der Waals surface area contributed by atoms with Gasteiger partial charge in [0.15, 0.2) is 23.8 Å². The van der Waals surface area contributed by atoms with E-state index in [4.69, 9.17) is 26.8 Å². The van der Waals surface area contributed by atoms with Crippen LogP contribution >= 0.6 is 11.6 Å². The van der Waals surface area contributed by atoms with Crippen LogP contribution in [0.4, 0.5) is 5.82 Å². The van der Waals surface area contributed by atoms with Crippen molar-refractivity contribution in [3.05, 3.63) is 41.4 Å². The van der Waals surface area contributed by atoms with Gasteiger partial charge in [-0.3, -0.25) is 9.36 Å². The van der Waals surface area contributed by atoms with Gasteiger partial charge < -0.3 is 30.7 Å². The van der Waals surface area contributed by atoms with Crippen molar-refractivity contribution >= 4 is 34.5 Å². The summed E-state index contributed by atoms with van der Waals surface area (Å²) in [6.07, 6.45) is -1.98. The molecular weight excluding hydrogens is 464 g/mol. The summed E-state index contributed by atoms with van der Waals surface area (Å²) in [5.41, 5.74) is 6.54. The summed E-state index contributed by atoms with van der Waals surface area (Å²) in [5, 5.41) is 24.3. The van der Waals surface area contributed by atoms with E-state index in [0.717, 1.165) is 12.8 Å². The molecule has 1 aromatic carbocycles. The molecule has 176 valence electrons. The second kappa shape index (κ2) is 9.08. The average molecular weight is 485 g/mol. The Bertz CT molecular complexity index is 1280. The van der Waals surface area contributed by atoms with Crippen LogP contribution in [0, 0.1) is 11.8 Å². The molecule has 2 aliphatic rings. The molecule has 3 aromatic rings. The third-order valence-electron chi connectivity index (χ3n) is 5.47. The fourth-order valence-corrected chi connectivity index (χ4v) is 3.69. The van der Waals surface area contributed by atoms with Crippen LogP contribution in [0.3, 0.4) is 0 Å². The fourth-order valence-electron chi connectivity index (χ4n) is 3.56. The van der Waals surface area contributed by atoms with Crippen molar-refractivity contribution in [2.75, 3.05) is 12.3 Å². The van der Waals surface area contributed by atoms with Gasteiger partial charge in [-0.15, -0.1) is 0 Å². The van der Waals surface area contributed by atoms with Gasteiger partial charge in [-0.25, -0.2) is 15.0 Å². The minimum absolute atomic E-state index is 0.0800. The van der Waals surface area contributed by atoms with Crippen molar-refractivity contribution in [2.45, 2.75) is 43.4 Å². The van der Waals surface area contributed by atoms with Crippen molar-refractivity contribution in [1.29, 1.82) is 0 Å². The van der Waals surface area contributed by atoms with E-state index in [1.165, 1.54) is 10.9 Å². The van der Waals surface area contributed by atoms with E-state index in [2.05, 4.69) is 32.1 Å². The van der Waals surface area contributed by atoms with Crippen LogP contribution in [0.5, 0.6) is 5.75 Å². The number of carbonyl (C=O) groups excluding carboxylic acids is 1. The first-order valence-electron chi connectivity index (χ1n) is 10.6. The van der Waals surface area contributed by atoms with E-state index in [9.17, 15) is 15.0 Å². The van der Waals surface area contributed by atoms with E-state index >= 15 is 0 Å². The Balaban J connectivity index is 1.35. The maximum Gasteiger partial charge on any atom is 0.252 e. The molecule has 0 unspecified atom stereocenters. The predicted octanol–water partition coefficient (Wildman–Crippen LogP) is 0.390. The number of aliphatic hydroxyl groups excluding tert-OH is 2. The Kier molecular flexibility index (Phi) is 5.97. The number of nitrogen functional groups attached to an aromatic ring is 1. The van der Waals surface area contributed by atoms with Crippen LogP contribution < -0.4 is 15.8 Å². The van der Waals surface area contributed by atoms with Crippen LogP contribution in [-0.2, 0) is 9.53 Å². The molecule has 34 heavy (non-hydrogen) atoms. The van der Waals surface area contributed by atoms with Crippen LogP contribution in [0.15, 0.2) is 30.6 Å². The molecule has 1 amide bonds. The smallest absolute Gasteiger partial charge is 0.252 e. The number of rotatable bonds is 5. The minimum atomic E-state index is -1.41. The minimum Gasteiger partial charge on any atom is -0.481 e. The van der Waals surface area contributed by atoms with Crippen molar-refractivity contribution in [3.63, 3.8) is 0 Å². The van der Waals surface area contributed by atoms with Crippen LogP contribution in [0.25, 0.3) is 11.2 Å². The van der Waals surface area contributed by atoms with Gasteiger partial charge >= 0.3 is 0 Å². The topological polar surface area (TPSA) is 158 Å². The van der Waals surface area contributed by atoms with E-state index in [-0.39, 0.29) is 35.5 Å². The molecule has 2 aromatic heterocycles. The number of imidazole rings is 1. The summed E-state index contributed by atoms with van der Waals surface area (Å²) in [4.78, 5) is 25.1. The normalized spacial score (nSPS) is 24.0. The molecule has 1 saturated carbocycles. The first-order valence-corrected chi connectivity index (χ1v) is 11.0. The number of benzene rings is 1. The van der Waals surface area contributed by atoms with Crippen LogP contribution in [0.1, 0.15) is 24.9 Å². The van der Waals surface area contributed by atoms with Crippen molar-refractivity contribution in [3.8, 4) is 17.6 Å².